The SMILES string of the molecule is CCC(C)(C)[B]C[B][B]C(=O)OC(C)(C)CC. The van der Waals surface area contributed by atoms with Gasteiger partial charge in [-0.25, -0.2) is 0 Å². The molecular formula is C12H24B3O2. The van der Waals surface area contributed by atoms with Gasteiger partial charge in [-0.05, 0) is 20.3 Å². The van der Waals surface area contributed by atoms with Gasteiger partial charge in [-0.1, -0.05) is 39.4 Å². The van der Waals surface area contributed by atoms with Gasteiger partial charge in [0.1, 0.15) is 12.9 Å². The molecule has 0 amide bonds. The molecule has 0 atom stereocenters. The van der Waals surface area contributed by atoms with Crippen LogP contribution in [-0.2, 0) is 4.74 Å². The molecule has 0 bridgehead atoms. The predicted molar refractivity (Wildman–Crippen MR) is 77.3 cm³/mol. The summed E-state index contributed by atoms with van der Waals surface area (Å²) in [6.45, 7) is 12.4. The van der Waals surface area contributed by atoms with Gasteiger partial charge >= 0.3 is 0 Å². The van der Waals surface area contributed by atoms with Crippen molar-refractivity contribution >= 4 is 27.5 Å². The van der Waals surface area contributed by atoms with Crippen molar-refractivity contribution in [2.45, 2.75) is 71.5 Å². The fourth-order valence-electron chi connectivity index (χ4n) is 1.07. The maximum atomic E-state index is 11.5. The molecule has 3 radical (unpaired) electrons. The Labute approximate surface area is 109 Å². The number of carbonyl (C=O) groups is 1. The van der Waals surface area contributed by atoms with Crippen molar-refractivity contribution in [2.24, 2.45) is 0 Å². The molecule has 5 heteroatoms. The molecule has 0 N–H and O–H groups in total. The van der Waals surface area contributed by atoms with Gasteiger partial charge in [-0.15, -0.1) is 6.22 Å². The summed E-state index contributed by atoms with van der Waals surface area (Å²) in [5.41, 5.74) is -0.367. The third kappa shape index (κ3) is 8.40. The van der Waals surface area contributed by atoms with E-state index in [2.05, 4.69) is 28.1 Å². The molecule has 0 saturated heterocycles. The van der Waals surface area contributed by atoms with E-state index in [0.29, 0.717) is 0 Å². The Bertz CT molecular complexity index is 240. The molecule has 0 unspecified atom stereocenters. The van der Waals surface area contributed by atoms with Crippen molar-refractivity contribution in [3.8, 4) is 0 Å². The van der Waals surface area contributed by atoms with Crippen LogP contribution in [-0.4, -0.2) is 33.1 Å². The lowest BCUT2D eigenvalue weighted by Crippen LogP contribution is -2.31. The van der Waals surface area contributed by atoms with E-state index in [-0.39, 0.29) is 16.8 Å². The molecule has 0 aliphatic rings. The largest absolute Gasteiger partial charge is 0.469 e. The summed E-state index contributed by atoms with van der Waals surface area (Å²) < 4.78 is 5.31. The zero-order valence-corrected chi connectivity index (χ0v) is 12.2. The first-order valence-corrected chi connectivity index (χ1v) is 6.46. The maximum Gasteiger partial charge on any atom is 0.235 e. The number of hydrogen-bond acceptors (Lipinski definition) is 2. The van der Waals surface area contributed by atoms with Gasteiger partial charge in [-0.3, -0.25) is 4.79 Å². The van der Waals surface area contributed by atoms with Crippen molar-refractivity contribution < 1.29 is 9.53 Å². The normalized spacial score (nSPS) is 11.9. The van der Waals surface area contributed by atoms with Crippen LogP contribution in [0.25, 0.3) is 0 Å². The maximum absolute atomic E-state index is 11.5. The molecule has 0 aliphatic heterocycles. The van der Waals surface area contributed by atoms with E-state index in [1.807, 2.05) is 27.9 Å². The van der Waals surface area contributed by atoms with Gasteiger partial charge in [0, 0.05) is 0 Å². The highest BCUT2D eigenvalue weighted by atomic mass is 16.5. The van der Waals surface area contributed by atoms with Crippen LogP contribution in [0.1, 0.15) is 54.4 Å². The Morgan fingerprint density at radius 1 is 1.12 bits per heavy atom. The Morgan fingerprint density at radius 3 is 2.18 bits per heavy atom. The van der Waals surface area contributed by atoms with Crippen LogP contribution in [0.15, 0.2) is 0 Å². The molecule has 0 heterocycles. The Morgan fingerprint density at radius 2 is 1.71 bits per heavy atom. The second-order valence-electron chi connectivity index (χ2n) is 5.72. The van der Waals surface area contributed by atoms with Crippen molar-refractivity contribution in [3.05, 3.63) is 0 Å². The summed E-state index contributed by atoms with van der Waals surface area (Å²) in [4.78, 5) is 11.5. The van der Waals surface area contributed by atoms with E-state index in [0.717, 1.165) is 19.1 Å². The van der Waals surface area contributed by atoms with Crippen LogP contribution in [0.4, 0.5) is 4.79 Å². The highest BCUT2D eigenvalue weighted by Gasteiger charge is 2.21. The van der Waals surface area contributed by atoms with Crippen LogP contribution >= 0.6 is 0 Å². The fourth-order valence-corrected chi connectivity index (χ4v) is 1.07. The molecule has 0 fully saturated rings. The lowest BCUT2D eigenvalue weighted by atomic mass is 9.29. The number of ether oxygens (including phenoxy) is 1. The minimum absolute atomic E-state index is 0.233. The number of carbonyl (C=O) groups excluding carboxylic acids is 1. The van der Waals surface area contributed by atoms with E-state index in [4.69, 9.17) is 4.74 Å². The summed E-state index contributed by atoms with van der Waals surface area (Å²) in [5, 5.41) is 0.233. The summed E-state index contributed by atoms with van der Waals surface area (Å²) in [5.74, 6) is -0.250. The topological polar surface area (TPSA) is 26.3 Å². The first kappa shape index (κ1) is 16.7. The molecule has 0 aromatic heterocycles. The minimum atomic E-state index is -0.367. The number of rotatable bonds is 8. The van der Waals surface area contributed by atoms with Crippen LogP contribution < -0.4 is 0 Å². The zero-order valence-electron chi connectivity index (χ0n) is 12.2. The summed E-state index contributed by atoms with van der Waals surface area (Å²) in [7, 11) is 5.62. The van der Waals surface area contributed by atoms with E-state index in [1.165, 1.54) is 7.17 Å². The van der Waals surface area contributed by atoms with Gasteiger partial charge < -0.3 is 4.74 Å². The molecule has 0 aromatic rings. The Kier molecular flexibility index (Phi) is 7.04. The lowest BCUT2D eigenvalue weighted by Gasteiger charge is -2.24. The van der Waals surface area contributed by atoms with Gasteiger partial charge in [0.05, 0.1) is 7.17 Å². The van der Waals surface area contributed by atoms with Gasteiger partial charge in [0.2, 0.25) is 13.0 Å². The predicted octanol–water partition coefficient (Wildman–Crippen LogP) is 3.32. The highest BCUT2D eigenvalue weighted by Crippen LogP contribution is 2.27. The first-order valence-electron chi connectivity index (χ1n) is 6.46. The summed E-state index contributed by atoms with van der Waals surface area (Å²) in [6, 6.07) is 0. The van der Waals surface area contributed by atoms with Crippen molar-refractivity contribution in [3.63, 3.8) is 0 Å². The van der Waals surface area contributed by atoms with Crippen molar-refractivity contribution in [1.82, 2.24) is 0 Å². The van der Waals surface area contributed by atoms with Crippen LogP contribution in [0.5, 0.6) is 0 Å². The van der Waals surface area contributed by atoms with Crippen LogP contribution in [0, 0.1) is 0 Å². The molecule has 17 heavy (non-hydrogen) atoms. The molecule has 0 saturated carbocycles. The average molecular weight is 233 g/mol. The fraction of sp³-hybridized carbons (Fsp3) is 0.917. The number of hydrogen-bond donors (Lipinski definition) is 0. The van der Waals surface area contributed by atoms with E-state index >= 15 is 0 Å². The molecular weight excluding hydrogens is 209 g/mol. The second-order valence-corrected chi connectivity index (χ2v) is 5.72. The third-order valence-electron chi connectivity index (χ3n) is 3.20. The lowest BCUT2D eigenvalue weighted by molar-refractivity contribution is 0.0540. The molecule has 0 aromatic carbocycles. The monoisotopic (exact) mass is 233 g/mol. The summed E-state index contributed by atoms with van der Waals surface area (Å²) in [6.07, 6.45) is 2.73. The van der Waals surface area contributed by atoms with E-state index in [9.17, 15) is 4.79 Å². The molecule has 0 spiro atoms. The van der Waals surface area contributed by atoms with E-state index < -0.39 is 0 Å². The molecule has 0 aliphatic carbocycles. The van der Waals surface area contributed by atoms with Gasteiger partial charge in [0.25, 0.3) is 0 Å². The summed E-state index contributed by atoms with van der Waals surface area (Å²) >= 11 is 0. The van der Waals surface area contributed by atoms with Gasteiger partial charge in [0.15, 0.2) is 0 Å². The van der Waals surface area contributed by atoms with Crippen LogP contribution in [0.2, 0.25) is 11.5 Å². The second kappa shape index (κ2) is 7.18. The highest BCUT2D eigenvalue weighted by molar-refractivity contribution is 7.16. The quantitative estimate of drug-likeness (QED) is 0.474. The minimum Gasteiger partial charge on any atom is -0.469 e. The molecule has 93 valence electrons. The average Bonchev–Trinajstić information content (AvgIpc) is 2.24. The first-order chi connectivity index (χ1) is 7.72. The van der Waals surface area contributed by atoms with Gasteiger partial charge in [-0.2, -0.15) is 0 Å². The molecule has 2 nitrogen and oxygen atoms in total. The smallest absolute Gasteiger partial charge is 0.235 e. The van der Waals surface area contributed by atoms with Crippen LogP contribution in [0.3, 0.4) is 0 Å². The van der Waals surface area contributed by atoms with Crippen molar-refractivity contribution in [1.29, 1.82) is 0 Å². The van der Waals surface area contributed by atoms with E-state index in [1.54, 1.807) is 0 Å². The standard InChI is InChI=1S/C12H24B3O2/c1-7-11(3,4)13-9-14-15-10(16)17-12(5,6)8-2/h7-9H2,1-6H3. The Balaban J connectivity index is 3.73. The van der Waals surface area contributed by atoms with Crippen molar-refractivity contribution in [2.75, 3.05) is 0 Å². The Hall–Kier alpha value is -0.335. The third-order valence-corrected chi connectivity index (χ3v) is 3.20. The molecule has 0 rings (SSSR count). The zero-order chi connectivity index (χ0) is 13.5.